The van der Waals surface area contributed by atoms with Gasteiger partial charge in [-0.1, -0.05) is 12.1 Å². The van der Waals surface area contributed by atoms with E-state index >= 15 is 0 Å². The molecule has 0 saturated carbocycles. The van der Waals surface area contributed by atoms with E-state index in [-0.39, 0.29) is 4.90 Å². The Labute approximate surface area is 165 Å². The lowest BCUT2D eigenvalue weighted by Gasteiger charge is -2.12. The van der Waals surface area contributed by atoms with E-state index in [9.17, 15) is 8.42 Å². The monoisotopic (exact) mass is 401 g/mol. The van der Waals surface area contributed by atoms with E-state index in [1.165, 1.54) is 26.4 Å². The van der Waals surface area contributed by atoms with Crippen LogP contribution in [0.4, 0.5) is 5.69 Å². The Balaban J connectivity index is 1.84. The predicted octanol–water partition coefficient (Wildman–Crippen LogP) is 3.37. The topological polar surface area (TPSA) is 82.5 Å². The maximum atomic E-state index is 12.8. The molecule has 0 fully saturated rings. The minimum absolute atomic E-state index is 0.0918. The highest BCUT2D eigenvalue weighted by molar-refractivity contribution is 7.92. The number of benzene rings is 2. The van der Waals surface area contributed by atoms with Crippen molar-refractivity contribution in [2.24, 2.45) is 0 Å². The molecule has 148 valence electrons. The molecular weight excluding hydrogens is 378 g/mol. The first kappa shape index (κ1) is 19.8. The van der Waals surface area contributed by atoms with E-state index < -0.39 is 10.0 Å². The third-order valence-corrected chi connectivity index (χ3v) is 5.66. The summed E-state index contributed by atoms with van der Waals surface area (Å²) in [5.74, 6) is 0.817. The summed E-state index contributed by atoms with van der Waals surface area (Å²) in [5, 5.41) is 4.45. The van der Waals surface area contributed by atoms with Crippen molar-refractivity contribution in [2.45, 2.75) is 25.3 Å². The van der Waals surface area contributed by atoms with Gasteiger partial charge in [-0.2, -0.15) is 5.10 Å². The molecule has 3 rings (SSSR count). The second-order valence-corrected chi connectivity index (χ2v) is 8.09. The lowest BCUT2D eigenvalue weighted by molar-refractivity contribution is 0.354. The lowest BCUT2D eigenvalue weighted by Crippen LogP contribution is -2.13. The summed E-state index contributed by atoms with van der Waals surface area (Å²) in [6.07, 6.45) is 0. The van der Waals surface area contributed by atoms with Crippen molar-refractivity contribution >= 4 is 15.7 Å². The average molecular weight is 401 g/mol. The zero-order valence-electron chi connectivity index (χ0n) is 16.3. The molecule has 0 spiro atoms. The number of rotatable bonds is 7. The van der Waals surface area contributed by atoms with Crippen molar-refractivity contribution in [3.63, 3.8) is 0 Å². The van der Waals surface area contributed by atoms with Crippen LogP contribution in [0, 0.1) is 13.8 Å². The van der Waals surface area contributed by atoms with Crippen LogP contribution in [-0.4, -0.2) is 32.4 Å². The van der Waals surface area contributed by atoms with Crippen LogP contribution in [0.25, 0.3) is 0 Å². The van der Waals surface area contributed by atoms with Crippen LogP contribution in [0.2, 0.25) is 0 Å². The smallest absolute Gasteiger partial charge is 0.262 e. The zero-order valence-corrected chi connectivity index (χ0v) is 17.1. The van der Waals surface area contributed by atoms with Gasteiger partial charge < -0.3 is 9.47 Å². The summed E-state index contributed by atoms with van der Waals surface area (Å²) >= 11 is 0. The summed E-state index contributed by atoms with van der Waals surface area (Å²) in [5.41, 5.74) is 3.42. The molecule has 1 heterocycles. The standard InChI is InChI=1S/C20H23N3O4S/c1-14-10-15(2)23(21-14)13-16-6-5-7-17(11-16)22-28(24,25)18-8-9-19(26-3)20(12-18)27-4/h5-12,22H,13H2,1-4H3. The highest BCUT2D eigenvalue weighted by Gasteiger charge is 2.17. The van der Waals surface area contributed by atoms with Gasteiger partial charge in [0.05, 0.1) is 31.4 Å². The minimum Gasteiger partial charge on any atom is -0.493 e. The lowest BCUT2D eigenvalue weighted by atomic mass is 10.2. The van der Waals surface area contributed by atoms with Gasteiger partial charge in [0.25, 0.3) is 10.0 Å². The molecule has 0 saturated heterocycles. The van der Waals surface area contributed by atoms with Gasteiger partial charge in [0.15, 0.2) is 11.5 Å². The van der Waals surface area contributed by atoms with Gasteiger partial charge in [0.1, 0.15) is 0 Å². The first-order valence-electron chi connectivity index (χ1n) is 8.67. The zero-order chi connectivity index (χ0) is 20.3. The van der Waals surface area contributed by atoms with Crippen LogP contribution < -0.4 is 14.2 Å². The van der Waals surface area contributed by atoms with Crippen LogP contribution in [0.5, 0.6) is 11.5 Å². The van der Waals surface area contributed by atoms with E-state index in [2.05, 4.69) is 9.82 Å². The molecular formula is C20H23N3O4S. The number of nitrogens with one attached hydrogen (secondary N) is 1. The molecule has 0 aliphatic carbocycles. The number of sulfonamides is 1. The molecule has 0 unspecified atom stereocenters. The number of methoxy groups -OCH3 is 2. The molecule has 0 amide bonds. The fourth-order valence-corrected chi connectivity index (χ4v) is 4.00. The van der Waals surface area contributed by atoms with Gasteiger partial charge in [-0.25, -0.2) is 8.42 Å². The van der Waals surface area contributed by atoms with Gasteiger partial charge in [-0.15, -0.1) is 0 Å². The highest BCUT2D eigenvalue weighted by Crippen LogP contribution is 2.30. The SMILES string of the molecule is COc1ccc(S(=O)(=O)Nc2cccc(Cn3nc(C)cc3C)c2)cc1OC. The second kappa shape index (κ2) is 7.93. The molecule has 0 aliphatic heterocycles. The molecule has 0 bridgehead atoms. The molecule has 0 atom stereocenters. The Kier molecular flexibility index (Phi) is 5.60. The fourth-order valence-electron chi connectivity index (χ4n) is 2.94. The first-order chi connectivity index (χ1) is 13.3. The molecule has 8 heteroatoms. The predicted molar refractivity (Wildman–Crippen MR) is 108 cm³/mol. The van der Waals surface area contributed by atoms with Crippen molar-refractivity contribution in [2.75, 3.05) is 18.9 Å². The van der Waals surface area contributed by atoms with Gasteiger partial charge >= 0.3 is 0 Å². The Morgan fingerprint density at radius 2 is 1.75 bits per heavy atom. The van der Waals surface area contributed by atoms with E-state index in [4.69, 9.17) is 9.47 Å². The molecule has 0 aliphatic rings. The van der Waals surface area contributed by atoms with Crippen LogP contribution in [0.15, 0.2) is 53.4 Å². The van der Waals surface area contributed by atoms with Crippen LogP contribution >= 0.6 is 0 Å². The van der Waals surface area contributed by atoms with Crippen LogP contribution in [0.1, 0.15) is 17.0 Å². The number of ether oxygens (including phenoxy) is 2. The maximum absolute atomic E-state index is 12.8. The Bertz CT molecular complexity index is 1090. The summed E-state index contributed by atoms with van der Waals surface area (Å²) < 4.78 is 40.4. The van der Waals surface area contributed by atoms with Crippen molar-refractivity contribution in [3.8, 4) is 11.5 Å². The van der Waals surface area contributed by atoms with Crippen molar-refractivity contribution in [1.82, 2.24) is 9.78 Å². The second-order valence-electron chi connectivity index (χ2n) is 6.41. The fraction of sp³-hybridized carbons (Fsp3) is 0.250. The summed E-state index contributed by atoms with van der Waals surface area (Å²) in [6, 6.07) is 13.7. The quantitative estimate of drug-likeness (QED) is 0.656. The van der Waals surface area contributed by atoms with E-state index in [0.29, 0.717) is 23.7 Å². The Morgan fingerprint density at radius 1 is 1.00 bits per heavy atom. The molecule has 3 aromatic rings. The number of aryl methyl sites for hydroxylation is 2. The van der Waals surface area contributed by atoms with Crippen molar-refractivity contribution in [1.29, 1.82) is 0 Å². The average Bonchev–Trinajstić information content (AvgIpc) is 2.97. The molecule has 2 aromatic carbocycles. The van der Waals surface area contributed by atoms with Crippen LogP contribution in [-0.2, 0) is 16.6 Å². The summed E-state index contributed by atoms with van der Waals surface area (Å²) in [6.45, 7) is 4.49. The van der Waals surface area contributed by atoms with Gasteiger partial charge in [-0.3, -0.25) is 9.40 Å². The van der Waals surface area contributed by atoms with E-state index in [1.807, 2.05) is 36.7 Å². The molecule has 0 radical (unpaired) electrons. The van der Waals surface area contributed by atoms with Crippen molar-refractivity contribution in [3.05, 3.63) is 65.5 Å². The summed E-state index contributed by atoms with van der Waals surface area (Å²) in [7, 11) is -0.812. The van der Waals surface area contributed by atoms with Crippen LogP contribution in [0.3, 0.4) is 0 Å². The third kappa shape index (κ3) is 4.28. The highest BCUT2D eigenvalue weighted by atomic mass is 32.2. The number of anilines is 1. The molecule has 1 aromatic heterocycles. The van der Waals surface area contributed by atoms with E-state index in [1.54, 1.807) is 18.2 Å². The largest absolute Gasteiger partial charge is 0.493 e. The van der Waals surface area contributed by atoms with Gasteiger partial charge in [0.2, 0.25) is 0 Å². The number of aromatic nitrogens is 2. The molecule has 28 heavy (non-hydrogen) atoms. The van der Waals surface area contributed by atoms with Crippen molar-refractivity contribution < 1.29 is 17.9 Å². The van der Waals surface area contributed by atoms with Gasteiger partial charge in [-0.05, 0) is 49.7 Å². The minimum atomic E-state index is -3.77. The first-order valence-corrected chi connectivity index (χ1v) is 10.2. The number of hydrogen-bond donors (Lipinski definition) is 1. The van der Waals surface area contributed by atoms with Gasteiger partial charge in [0, 0.05) is 17.4 Å². The Hall–Kier alpha value is -3.00. The molecule has 7 nitrogen and oxygen atoms in total. The van der Waals surface area contributed by atoms with E-state index in [0.717, 1.165) is 17.0 Å². The maximum Gasteiger partial charge on any atom is 0.262 e. The Morgan fingerprint density at radius 3 is 2.39 bits per heavy atom. The molecule has 1 N–H and O–H groups in total. The third-order valence-electron chi connectivity index (χ3n) is 4.28. The number of hydrogen-bond acceptors (Lipinski definition) is 5. The number of nitrogens with zero attached hydrogens (tertiary/aromatic N) is 2. The normalized spacial score (nSPS) is 11.3. The summed E-state index contributed by atoms with van der Waals surface area (Å²) in [4.78, 5) is 0.0918.